The number of nitrogens with two attached hydrogens (primary N) is 1. The normalized spacial score (nSPS) is 42.1. The molecule has 5 nitrogen and oxygen atoms in total. The van der Waals surface area contributed by atoms with Crippen LogP contribution in [0.3, 0.4) is 0 Å². The Kier molecular flexibility index (Phi) is 4.05. The topological polar surface area (TPSA) is 86.8 Å². The largest absolute Gasteiger partial charge is 0.475 e. The lowest BCUT2D eigenvalue weighted by molar-refractivity contribution is -0.138. The van der Waals surface area contributed by atoms with Gasteiger partial charge in [0.05, 0.1) is 11.9 Å². The number of amides is 1. The van der Waals surface area contributed by atoms with Crippen LogP contribution in [0.25, 0.3) is 0 Å². The summed E-state index contributed by atoms with van der Waals surface area (Å²) >= 11 is 0. The molecule has 21 heavy (non-hydrogen) atoms. The van der Waals surface area contributed by atoms with Gasteiger partial charge in [-0.05, 0) is 49.4 Å². The van der Waals surface area contributed by atoms with E-state index in [0.717, 1.165) is 19.3 Å². The third-order valence-corrected chi connectivity index (χ3v) is 6.17. The van der Waals surface area contributed by atoms with Gasteiger partial charge in [-0.25, -0.2) is 0 Å². The Hall–Kier alpha value is -0.585. The highest BCUT2D eigenvalue weighted by Gasteiger charge is 2.57. The Balaban J connectivity index is 1.79. The van der Waals surface area contributed by atoms with Crippen LogP contribution in [0, 0.1) is 29.6 Å². The minimum atomic E-state index is -1.44. The molecule has 0 aromatic carbocycles. The molecule has 6 heteroatoms. The molecule has 0 aromatic heterocycles. The molecule has 1 aliphatic heterocycles. The summed E-state index contributed by atoms with van der Waals surface area (Å²) in [6, 6.07) is -0.0549. The summed E-state index contributed by atoms with van der Waals surface area (Å²) in [6.45, 7) is 5.09. The second-order valence-corrected chi connectivity index (χ2v) is 7.48. The molecule has 2 aliphatic carbocycles. The Morgan fingerprint density at radius 1 is 1.24 bits per heavy atom. The molecule has 0 radical (unpaired) electrons. The lowest BCUT2D eigenvalue weighted by Gasteiger charge is -2.33. The minimum Gasteiger partial charge on any atom is -0.426 e. The zero-order valence-electron chi connectivity index (χ0n) is 13.0. The van der Waals surface area contributed by atoms with Crippen molar-refractivity contribution >= 4 is 13.0 Å². The van der Waals surface area contributed by atoms with Gasteiger partial charge in [-0.3, -0.25) is 4.79 Å². The maximum absolute atomic E-state index is 13.0. The Morgan fingerprint density at radius 3 is 2.48 bits per heavy atom. The van der Waals surface area contributed by atoms with Gasteiger partial charge in [0.15, 0.2) is 0 Å². The Bertz CT molecular complexity index is 418. The van der Waals surface area contributed by atoms with Gasteiger partial charge in [-0.2, -0.15) is 0 Å². The standard InChI is InChI=1S/C15H27BN2O3/c1-8(2)12-9-5-6-10(12)14(17)13(9)15(19)18-7-3-4-11(18)16(20)21/h8-14,20-21H,3-7,17H2,1-2H3/t9?,10?,11-,12?,13?,14?/m0/s1. The second kappa shape index (κ2) is 5.56. The molecule has 118 valence electrons. The van der Waals surface area contributed by atoms with Crippen LogP contribution >= 0.6 is 0 Å². The molecule has 2 bridgehead atoms. The lowest BCUT2D eigenvalue weighted by atomic mass is 9.76. The zero-order chi connectivity index (χ0) is 15.3. The van der Waals surface area contributed by atoms with Crippen LogP contribution in [0.15, 0.2) is 0 Å². The quantitative estimate of drug-likeness (QED) is 0.651. The average molecular weight is 294 g/mol. The van der Waals surface area contributed by atoms with Gasteiger partial charge in [0.2, 0.25) is 5.91 Å². The van der Waals surface area contributed by atoms with E-state index in [9.17, 15) is 14.8 Å². The molecule has 1 saturated heterocycles. The number of fused-ring (bicyclic) bond motifs is 2. The van der Waals surface area contributed by atoms with Crippen molar-refractivity contribution in [3.8, 4) is 0 Å². The third kappa shape index (κ3) is 2.32. The van der Waals surface area contributed by atoms with Gasteiger partial charge in [-0.15, -0.1) is 0 Å². The van der Waals surface area contributed by atoms with Crippen molar-refractivity contribution in [2.24, 2.45) is 35.3 Å². The molecular weight excluding hydrogens is 267 g/mol. The van der Waals surface area contributed by atoms with E-state index in [1.165, 1.54) is 0 Å². The van der Waals surface area contributed by atoms with Gasteiger partial charge >= 0.3 is 7.12 Å². The van der Waals surface area contributed by atoms with Crippen molar-refractivity contribution in [3.05, 3.63) is 0 Å². The van der Waals surface area contributed by atoms with Crippen LogP contribution < -0.4 is 5.73 Å². The van der Waals surface area contributed by atoms with E-state index in [1.807, 2.05) is 0 Å². The lowest BCUT2D eigenvalue weighted by Crippen LogP contribution is -2.52. The first-order valence-electron chi connectivity index (χ1n) is 8.35. The fourth-order valence-electron chi connectivity index (χ4n) is 5.41. The van der Waals surface area contributed by atoms with E-state index in [2.05, 4.69) is 13.8 Å². The molecule has 3 rings (SSSR count). The predicted octanol–water partition coefficient (Wildman–Crippen LogP) is 0.245. The van der Waals surface area contributed by atoms with Crippen molar-refractivity contribution in [2.75, 3.05) is 6.54 Å². The first-order chi connectivity index (χ1) is 9.93. The molecule has 0 spiro atoms. The van der Waals surface area contributed by atoms with E-state index in [1.54, 1.807) is 4.90 Å². The van der Waals surface area contributed by atoms with Crippen LogP contribution in [0.2, 0.25) is 0 Å². The maximum atomic E-state index is 13.0. The van der Waals surface area contributed by atoms with Crippen LogP contribution in [0.4, 0.5) is 0 Å². The summed E-state index contributed by atoms with van der Waals surface area (Å²) in [6.07, 6.45) is 3.76. The van der Waals surface area contributed by atoms with Gasteiger partial charge in [-0.1, -0.05) is 13.8 Å². The third-order valence-electron chi connectivity index (χ3n) is 6.17. The van der Waals surface area contributed by atoms with E-state index in [0.29, 0.717) is 36.6 Å². The minimum absolute atomic E-state index is 0.0549. The predicted molar refractivity (Wildman–Crippen MR) is 80.9 cm³/mol. The fraction of sp³-hybridized carbons (Fsp3) is 0.933. The molecule has 4 N–H and O–H groups in total. The summed E-state index contributed by atoms with van der Waals surface area (Å²) in [4.78, 5) is 14.6. The SMILES string of the molecule is CC(C)C1C2CCC1C(C(=O)N1CCC[C@H]1B(O)O)C2N. The number of likely N-dealkylation sites (tertiary alicyclic amines) is 1. The molecule has 3 aliphatic rings. The van der Waals surface area contributed by atoms with Crippen LogP contribution in [0.1, 0.15) is 39.5 Å². The zero-order valence-corrected chi connectivity index (χ0v) is 13.0. The number of rotatable bonds is 3. The fourth-order valence-corrected chi connectivity index (χ4v) is 5.41. The molecule has 5 unspecified atom stereocenters. The molecular formula is C15H27BN2O3. The van der Waals surface area contributed by atoms with E-state index in [4.69, 9.17) is 5.73 Å². The second-order valence-electron chi connectivity index (χ2n) is 7.48. The molecule has 2 saturated carbocycles. The number of carbonyl (C=O) groups is 1. The molecule has 3 fully saturated rings. The summed E-state index contributed by atoms with van der Waals surface area (Å²) in [5, 5.41) is 19.0. The van der Waals surface area contributed by atoms with Crippen LogP contribution in [-0.2, 0) is 4.79 Å². The van der Waals surface area contributed by atoms with E-state index >= 15 is 0 Å². The summed E-state index contributed by atoms with van der Waals surface area (Å²) in [7, 11) is -1.44. The van der Waals surface area contributed by atoms with Crippen LogP contribution in [0.5, 0.6) is 0 Å². The highest BCUT2D eigenvalue weighted by atomic mass is 16.4. The molecule has 6 atom stereocenters. The molecule has 1 amide bonds. The Morgan fingerprint density at radius 2 is 1.90 bits per heavy atom. The van der Waals surface area contributed by atoms with E-state index in [-0.39, 0.29) is 17.9 Å². The smallest absolute Gasteiger partial charge is 0.426 e. The highest BCUT2D eigenvalue weighted by Crippen LogP contribution is 2.55. The van der Waals surface area contributed by atoms with Crippen molar-refractivity contribution in [3.63, 3.8) is 0 Å². The van der Waals surface area contributed by atoms with Crippen molar-refractivity contribution in [1.29, 1.82) is 0 Å². The summed E-state index contributed by atoms with van der Waals surface area (Å²) < 4.78 is 0. The number of hydrogen-bond donors (Lipinski definition) is 3. The van der Waals surface area contributed by atoms with Crippen molar-refractivity contribution in [1.82, 2.24) is 4.90 Å². The molecule has 0 aromatic rings. The Labute approximate surface area is 127 Å². The van der Waals surface area contributed by atoms with E-state index < -0.39 is 13.1 Å². The summed E-state index contributed by atoms with van der Waals surface area (Å²) in [5.74, 6) is 1.46. The van der Waals surface area contributed by atoms with Crippen LogP contribution in [-0.4, -0.2) is 46.5 Å². The highest BCUT2D eigenvalue weighted by molar-refractivity contribution is 6.43. The first kappa shape index (κ1) is 15.3. The number of carbonyl (C=O) groups excluding carboxylic acids is 1. The first-order valence-corrected chi connectivity index (χ1v) is 8.35. The molecule has 1 heterocycles. The van der Waals surface area contributed by atoms with Gasteiger partial charge < -0.3 is 20.7 Å². The monoisotopic (exact) mass is 294 g/mol. The average Bonchev–Trinajstić information content (AvgIpc) is 3.10. The summed E-state index contributed by atoms with van der Waals surface area (Å²) in [5.41, 5.74) is 6.41. The van der Waals surface area contributed by atoms with Crippen molar-refractivity contribution < 1.29 is 14.8 Å². The van der Waals surface area contributed by atoms with Gasteiger partial charge in [0.25, 0.3) is 0 Å². The number of hydrogen-bond acceptors (Lipinski definition) is 4. The number of nitrogens with zero attached hydrogens (tertiary/aromatic N) is 1. The van der Waals surface area contributed by atoms with Gasteiger partial charge in [0, 0.05) is 12.6 Å². The van der Waals surface area contributed by atoms with Gasteiger partial charge in [0.1, 0.15) is 0 Å². The van der Waals surface area contributed by atoms with Crippen molar-refractivity contribution in [2.45, 2.75) is 51.5 Å². The maximum Gasteiger partial charge on any atom is 0.475 e.